The van der Waals surface area contributed by atoms with Crippen LogP contribution in [-0.4, -0.2) is 55.5 Å². The van der Waals surface area contributed by atoms with Gasteiger partial charge >= 0.3 is 0 Å². The molecule has 7 nitrogen and oxygen atoms in total. The zero-order valence-corrected chi connectivity index (χ0v) is 12.6. The molecule has 0 aromatic carbocycles. The predicted octanol–water partition coefficient (Wildman–Crippen LogP) is -0.818. The van der Waals surface area contributed by atoms with Crippen LogP contribution in [-0.2, 0) is 14.8 Å². The fraction of sp³-hybridized carbons (Fsp3) is 0.385. The molecule has 1 aromatic heterocycles. The second-order valence-electron chi connectivity index (χ2n) is 4.08. The Kier molecular flexibility index (Phi) is 6.30. The number of nitrogens with one attached hydrogen (secondary N) is 1. The van der Waals surface area contributed by atoms with E-state index >= 15 is 0 Å². The Balaban J connectivity index is 2.99. The van der Waals surface area contributed by atoms with Crippen molar-refractivity contribution in [2.45, 2.75) is 11.8 Å². The summed E-state index contributed by atoms with van der Waals surface area (Å²) in [4.78, 5) is 15.2. The normalized spacial score (nSPS) is 10.9. The third kappa shape index (κ3) is 4.82. The molecule has 2 N–H and O–H groups in total. The molecule has 0 aliphatic heterocycles. The maximum atomic E-state index is 12.3. The van der Waals surface area contributed by atoms with Crippen LogP contribution in [0.15, 0.2) is 23.4 Å². The van der Waals surface area contributed by atoms with Crippen molar-refractivity contribution in [2.24, 2.45) is 0 Å². The first-order valence-electron chi connectivity index (χ1n) is 6.19. The molecule has 0 radical (unpaired) electrons. The smallest absolute Gasteiger partial charge is 0.244 e. The zero-order chi connectivity index (χ0) is 15.9. The Hall–Kier alpha value is -1.95. The lowest BCUT2D eigenvalue weighted by Gasteiger charge is -2.16. The van der Waals surface area contributed by atoms with E-state index in [0.29, 0.717) is 12.1 Å². The summed E-state index contributed by atoms with van der Waals surface area (Å²) in [5.41, 5.74) is 0.372. The summed E-state index contributed by atoms with van der Waals surface area (Å²) >= 11 is 0. The van der Waals surface area contributed by atoms with Crippen LogP contribution < -0.4 is 5.32 Å². The molecule has 0 saturated heterocycles. The molecule has 0 unspecified atom stereocenters. The first-order chi connectivity index (χ1) is 9.91. The van der Waals surface area contributed by atoms with Crippen LogP contribution >= 0.6 is 0 Å². The number of aromatic nitrogens is 1. The van der Waals surface area contributed by atoms with Crippen molar-refractivity contribution in [2.75, 3.05) is 26.7 Å². The van der Waals surface area contributed by atoms with E-state index in [2.05, 4.69) is 22.1 Å². The Morgan fingerprint density at radius 1 is 1.48 bits per heavy atom. The van der Waals surface area contributed by atoms with Gasteiger partial charge < -0.3 is 10.4 Å². The molecule has 0 bridgehead atoms. The van der Waals surface area contributed by atoms with Crippen LogP contribution in [0.1, 0.15) is 12.5 Å². The highest BCUT2D eigenvalue weighted by atomic mass is 32.2. The van der Waals surface area contributed by atoms with Crippen LogP contribution in [0.3, 0.4) is 0 Å². The van der Waals surface area contributed by atoms with Gasteiger partial charge in [-0.05, 0) is 13.0 Å². The minimum atomic E-state index is -3.82. The van der Waals surface area contributed by atoms with E-state index in [-0.39, 0.29) is 24.0 Å². The van der Waals surface area contributed by atoms with Crippen molar-refractivity contribution in [3.63, 3.8) is 0 Å². The molecule has 1 aromatic rings. The second kappa shape index (κ2) is 7.73. The maximum absolute atomic E-state index is 12.3. The number of amides is 1. The van der Waals surface area contributed by atoms with Gasteiger partial charge in [-0.3, -0.25) is 9.78 Å². The fourth-order valence-electron chi connectivity index (χ4n) is 1.49. The number of sulfonamides is 1. The topological polar surface area (TPSA) is 99.6 Å². The number of nitrogens with zero attached hydrogens (tertiary/aromatic N) is 2. The van der Waals surface area contributed by atoms with Crippen molar-refractivity contribution in [3.8, 4) is 11.8 Å². The van der Waals surface area contributed by atoms with Gasteiger partial charge in [0.15, 0.2) is 0 Å². The summed E-state index contributed by atoms with van der Waals surface area (Å²) in [6.45, 7) is 1.58. The number of likely N-dealkylation sites (N-methyl/N-ethyl adjacent to an activating group) is 2. The van der Waals surface area contributed by atoms with Crippen LogP contribution in [0.25, 0.3) is 0 Å². The van der Waals surface area contributed by atoms with E-state index in [4.69, 9.17) is 5.11 Å². The van der Waals surface area contributed by atoms with Crippen LogP contribution in [0.5, 0.6) is 0 Å². The quantitative estimate of drug-likeness (QED) is 0.692. The van der Waals surface area contributed by atoms with Crippen molar-refractivity contribution in [3.05, 3.63) is 24.0 Å². The zero-order valence-electron chi connectivity index (χ0n) is 11.8. The fourth-order valence-corrected chi connectivity index (χ4v) is 2.61. The molecule has 21 heavy (non-hydrogen) atoms. The van der Waals surface area contributed by atoms with Gasteiger partial charge in [-0.1, -0.05) is 11.8 Å². The Labute approximate surface area is 124 Å². The third-order valence-corrected chi connectivity index (χ3v) is 4.24. The summed E-state index contributed by atoms with van der Waals surface area (Å²) in [5.74, 6) is 4.61. The van der Waals surface area contributed by atoms with Gasteiger partial charge in [0.2, 0.25) is 15.9 Å². The lowest BCUT2D eigenvalue weighted by molar-refractivity contribution is -0.121. The van der Waals surface area contributed by atoms with Crippen molar-refractivity contribution < 1.29 is 18.3 Å². The highest BCUT2D eigenvalue weighted by Gasteiger charge is 2.23. The van der Waals surface area contributed by atoms with Crippen molar-refractivity contribution in [1.82, 2.24) is 14.6 Å². The lowest BCUT2D eigenvalue weighted by atomic mass is 10.3. The minimum absolute atomic E-state index is 0.0564. The van der Waals surface area contributed by atoms with E-state index < -0.39 is 10.0 Å². The average Bonchev–Trinajstić information content (AvgIpc) is 2.45. The average molecular weight is 311 g/mol. The summed E-state index contributed by atoms with van der Waals surface area (Å²) in [5, 5.41) is 11.2. The third-order valence-electron chi connectivity index (χ3n) is 2.47. The number of carbonyl (C=O) groups excluding carboxylic acids is 1. The van der Waals surface area contributed by atoms with Gasteiger partial charge in [0.25, 0.3) is 0 Å². The molecule has 0 aliphatic carbocycles. The standard InChI is InChI=1S/C13H17N3O4S/c1-3-15-13(18)10-16(2)21(19,20)12-7-11(5-4-6-17)8-14-9-12/h7-9,17H,3,6,10H2,1-2H3,(H,15,18). The Bertz CT molecular complexity index is 661. The van der Waals surface area contributed by atoms with E-state index in [1.807, 2.05) is 0 Å². The summed E-state index contributed by atoms with van der Waals surface area (Å²) in [7, 11) is -2.50. The number of hydrogen-bond donors (Lipinski definition) is 2. The first-order valence-corrected chi connectivity index (χ1v) is 7.63. The SMILES string of the molecule is CCNC(=O)CN(C)S(=O)(=O)c1cncc(C#CCO)c1. The number of rotatable bonds is 5. The molecule has 0 saturated carbocycles. The molecule has 0 atom stereocenters. The number of hydrogen-bond acceptors (Lipinski definition) is 5. The van der Waals surface area contributed by atoms with E-state index in [9.17, 15) is 13.2 Å². The van der Waals surface area contributed by atoms with Crippen LogP contribution in [0, 0.1) is 11.8 Å². The maximum Gasteiger partial charge on any atom is 0.244 e. The molecule has 0 aliphatic rings. The number of aliphatic hydroxyl groups excluding tert-OH is 1. The van der Waals surface area contributed by atoms with Crippen LogP contribution in [0.4, 0.5) is 0 Å². The highest BCUT2D eigenvalue weighted by Crippen LogP contribution is 2.14. The molecule has 1 rings (SSSR count). The molecule has 114 valence electrons. The van der Waals surface area contributed by atoms with Gasteiger partial charge in [0.1, 0.15) is 11.5 Å². The molecule has 1 heterocycles. The predicted molar refractivity (Wildman–Crippen MR) is 76.7 cm³/mol. The van der Waals surface area contributed by atoms with Gasteiger partial charge in [-0.25, -0.2) is 8.42 Å². The number of pyridine rings is 1. The second-order valence-corrected chi connectivity index (χ2v) is 6.13. The van der Waals surface area contributed by atoms with Crippen molar-refractivity contribution in [1.29, 1.82) is 0 Å². The Morgan fingerprint density at radius 2 is 2.19 bits per heavy atom. The van der Waals surface area contributed by atoms with E-state index in [1.54, 1.807) is 6.92 Å². The molecular weight excluding hydrogens is 294 g/mol. The van der Waals surface area contributed by atoms with Gasteiger partial charge in [-0.15, -0.1) is 0 Å². The molecule has 0 fully saturated rings. The van der Waals surface area contributed by atoms with Gasteiger partial charge in [0.05, 0.1) is 6.54 Å². The molecule has 0 spiro atoms. The minimum Gasteiger partial charge on any atom is -0.384 e. The summed E-state index contributed by atoms with van der Waals surface area (Å²) < 4.78 is 25.6. The highest BCUT2D eigenvalue weighted by molar-refractivity contribution is 7.89. The van der Waals surface area contributed by atoms with Crippen LogP contribution in [0.2, 0.25) is 0 Å². The largest absolute Gasteiger partial charge is 0.384 e. The molecular formula is C13H17N3O4S. The monoisotopic (exact) mass is 311 g/mol. The van der Waals surface area contributed by atoms with Gasteiger partial charge in [-0.2, -0.15) is 4.31 Å². The van der Waals surface area contributed by atoms with E-state index in [1.165, 1.54) is 25.5 Å². The molecule has 1 amide bonds. The molecule has 8 heteroatoms. The Morgan fingerprint density at radius 3 is 2.81 bits per heavy atom. The summed E-state index contributed by atoms with van der Waals surface area (Å²) in [6, 6.07) is 1.35. The van der Waals surface area contributed by atoms with Gasteiger partial charge in [0, 0.05) is 31.5 Å². The van der Waals surface area contributed by atoms with E-state index in [0.717, 1.165) is 4.31 Å². The number of aliphatic hydroxyl groups is 1. The first kappa shape index (κ1) is 17.1. The van der Waals surface area contributed by atoms with Crippen molar-refractivity contribution >= 4 is 15.9 Å². The number of carbonyl (C=O) groups is 1. The summed E-state index contributed by atoms with van der Waals surface area (Å²) in [6.07, 6.45) is 2.58. The lowest BCUT2D eigenvalue weighted by Crippen LogP contribution is -2.38.